The highest BCUT2D eigenvalue weighted by atomic mass is 79.9. The van der Waals surface area contributed by atoms with Crippen LogP contribution in [0.25, 0.3) is 0 Å². The van der Waals surface area contributed by atoms with Crippen molar-refractivity contribution in [2.45, 2.75) is 38.8 Å². The summed E-state index contributed by atoms with van der Waals surface area (Å²) in [6, 6.07) is 4.37. The summed E-state index contributed by atoms with van der Waals surface area (Å²) in [5.41, 5.74) is 5.85. The smallest absolute Gasteiger partial charge is 0.407 e. The molecule has 1 amide bonds. The number of nitrogens with one attached hydrogen (secondary N) is 1. The van der Waals surface area contributed by atoms with Crippen molar-refractivity contribution in [3.8, 4) is 0 Å². The minimum atomic E-state index is -0.553. The molecule has 1 aromatic carbocycles. The van der Waals surface area contributed by atoms with Crippen molar-refractivity contribution in [2.75, 3.05) is 6.54 Å². The number of rotatable bonds is 4. The van der Waals surface area contributed by atoms with Crippen LogP contribution < -0.4 is 11.1 Å². The molecule has 0 radical (unpaired) electrons. The molecular formula is C14H20BrFN2O2. The molecule has 0 fully saturated rings. The lowest BCUT2D eigenvalue weighted by Gasteiger charge is -2.21. The number of hydrogen-bond acceptors (Lipinski definition) is 3. The highest BCUT2D eigenvalue weighted by Gasteiger charge is 2.17. The van der Waals surface area contributed by atoms with Gasteiger partial charge in [-0.25, -0.2) is 9.18 Å². The Morgan fingerprint density at radius 1 is 1.50 bits per heavy atom. The van der Waals surface area contributed by atoms with Gasteiger partial charge in [-0.2, -0.15) is 0 Å². The lowest BCUT2D eigenvalue weighted by molar-refractivity contribution is 0.0524. The van der Waals surface area contributed by atoms with E-state index in [1.165, 1.54) is 6.07 Å². The molecule has 20 heavy (non-hydrogen) atoms. The highest BCUT2D eigenvalue weighted by molar-refractivity contribution is 9.10. The van der Waals surface area contributed by atoms with Crippen molar-refractivity contribution in [2.24, 2.45) is 5.73 Å². The lowest BCUT2D eigenvalue weighted by atomic mass is 10.1. The number of hydrogen-bond donors (Lipinski definition) is 2. The van der Waals surface area contributed by atoms with Gasteiger partial charge < -0.3 is 15.8 Å². The van der Waals surface area contributed by atoms with Crippen molar-refractivity contribution in [3.63, 3.8) is 0 Å². The number of benzene rings is 1. The maximum Gasteiger partial charge on any atom is 0.407 e. The van der Waals surface area contributed by atoms with Crippen molar-refractivity contribution >= 4 is 22.0 Å². The van der Waals surface area contributed by atoms with E-state index in [0.29, 0.717) is 16.5 Å². The summed E-state index contributed by atoms with van der Waals surface area (Å²) in [7, 11) is 0. The Kier molecular flexibility index (Phi) is 5.95. The predicted octanol–water partition coefficient (Wildman–Crippen LogP) is 2.98. The summed E-state index contributed by atoms with van der Waals surface area (Å²) in [5.74, 6) is -0.313. The molecule has 0 aromatic heterocycles. The molecule has 0 heterocycles. The van der Waals surface area contributed by atoms with Crippen molar-refractivity contribution in [3.05, 3.63) is 34.1 Å². The van der Waals surface area contributed by atoms with Gasteiger partial charge in [-0.3, -0.25) is 0 Å². The molecule has 0 saturated carbocycles. The second-order valence-electron chi connectivity index (χ2n) is 5.55. The molecule has 1 atom stereocenters. The topological polar surface area (TPSA) is 64.3 Å². The molecule has 1 aromatic rings. The van der Waals surface area contributed by atoms with Crippen LogP contribution in [0.2, 0.25) is 0 Å². The molecule has 4 nitrogen and oxygen atoms in total. The first kappa shape index (κ1) is 16.9. The summed E-state index contributed by atoms with van der Waals surface area (Å²) >= 11 is 3.29. The van der Waals surface area contributed by atoms with Gasteiger partial charge in [0, 0.05) is 22.6 Å². The molecule has 6 heteroatoms. The number of nitrogens with two attached hydrogens (primary N) is 1. The Balaban J connectivity index is 2.48. The van der Waals surface area contributed by atoms with Gasteiger partial charge in [0.1, 0.15) is 11.4 Å². The van der Waals surface area contributed by atoms with Crippen molar-refractivity contribution < 1.29 is 13.9 Å². The van der Waals surface area contributed by atoms with Gasteiger partial charge in [0.2, 0.25) is 0 Å². The average molecular weight is 347 g/mol. The molecular weight excluding hydrogens is 327 g/mol. The fourth-order valence-electron chi connectivity index (χ4n) is 1.59. The van der Waals surface area contributed by atoms with E-state index >= 15 is 0 Å². The van der Waals surface area contributed by atoms with Gasteiger partial charge in [-0.15, -0.1) is 0 Å². The third-order valence-corrected chi connectivity index (χ3v) is 3.18. The molecule has 0 spiro atoms. The summed E-state index contributed by atoms with van der Waals surface area (Å²) in [5, 5.41) is 2.57. The number of carbonyl (C=O) groups is 1. The molecule has 3 N–H and O–H groups in total. The SMILES string of the molecule is CC(C)(C)OC(=O)NCC(N)Cc1c(F)cccc1Br. The van der Waals surface area contributed by atoms with E-state index in [9.17, 15) is 9.18 Å². The van der Waals surface area contributed by atoms with Gasteiger partial charge >= 0.3 is 6.09 Å². The van der Waals surface area contributed by atoms with Crippen LogP contribution in [0.1, 0.15) is 26.3 Å². The molecule has 0 aliphatic heterocycles. The Morgan fingerprint density at radius 2 is 2.15 bits per heavy atom. The maximum atomic E-state index is 13.6. The fraction of sp³-hybridized carbons (Fsp3) is 0.500. The molecule has 0 aliphatic carbocycles. The van der Waals surface area contributed by atoms with E-state index < -0.39 is 17.7 Å². The van der Waals surface area contributed by atoms with Crippen molar-refractivity contribution in [1.82, 2.24) is 5.32 Å². The zero-order valence-corrected chi connectivity index (χ0v) is 13.5. The van der Waals surface area contributed by atoms with Gasteiger partial charge in [0.05, 0.1) is 0 Å². The molecule has 1 unspecified atom stereocenters. The summed E-state index contributed by atoms with van der Waals surface area (Å²) in [4.78, 5) is 11.5. The predicted molar refractivity (Wildman–Crippen MR) is 80.0 cm³/mol. The van der Waals surface area contributed by atoms with E-state index in [-0.39, 0.29) is 12.4 Å². The third-order valence-electron chi connectivity index (χ3n) is 2.44. The van der Waals surface area contributed by atoms with E-state index in [1.807, 2.05) is 0 Å². The number of alkyl carbamates (subject to hydrolysis) is 1. The van der Waals surface area contributed by atoms with E-state index in [4.69, 9.17) is 10.5 Å². The van der Waals surface area contributed by atoms with E-state index in [2.05, 4.69) is 21.2 Å². The normalized spacial score (nSPS) is 12.9. The van der Waals surface area contributed by atoms with Gasteiger partial charge in [-0.1, -0.05) is 22.0 Å². The number of halogens is 2. The van der Waals surface area contributed by atoms with Crippen LogP contribution in [-0.2, 0) is 11.2 Å². The minimum Gasteiger partial charge on any atom is -0.444 e. The van der Waals surface area contributed by atoms with Crippen LogP contribution in [0.3, 0.4) is 0 Å². The Morgan fingerprint density at radius 3 is 2.70 bits per heavy atom. The quantitative estimate of drug-likeness (QED) is 0.880. The van der Waals surface area contributed by atoms with Gasteiger partial charge in [0.25, 0.3) is 0 Å². The first-order valence-corrected chi connectivity index (χ1v) is 7.13. The molecule has 112 valence electrons. The molecule has 0 bridgehead atoms. The number of ether oxygens (including phenoxy) is 1. The van der Waals surface area contributed by atoms with Crippen LogP contribution in [0.15, 0.2) is 22.7 Å². The fourth-order valence-corrected chi connectivity index (χ4v) is 2.09. The van der Waals surface area contributed by atoms with Crippen LogP contribution in [0.5, 0.6) is 0 Å². The lowest BCUT2D eigenvalue weighted by Crippen LogP contribution is -2.41. The summed E-state index contributed by atoms with van der Waals surface area (Å²) < 4.78 is 19.4. The monoisotopic (exact) mass is 346 g/mol. The Labute approximate surface area is 127 Å². The second kappa shape index (κ2) is 7.04. The van der Waals surface area contributed by atoms with Crippen LogP contribution in [0, 0.1) is 5.82 Å². The number of carbonyl (C=O) groups excluding carboxylic acids is 1. The van der Waals surface area contributed by atoms with Gasteiger partial charge in [0.15, 0.2) is 0 Å². The molecule has 0 aliphatic rings. The largest absolute Gasteiger partial charge is 0.444 e. The van der Waals surface area contributed by atoms with Crippen LogP contribution in [0.4, 0.5) is 9.18 Å². The standard InChI is InChI=1S/C14H20BrFN2O2/c1-14(2,3)20-13(19)18-8-9(17)7-10-11(15)5-4-6-12(10)16/h4-6,9H,7-8,17H2,1-3H3,(H,18,19). The van der Waals surface area contributed by atoms with E-state index in [0.717, 1.165) is 0 Å². The minimum absolute atomic E-state index is 0.218. The average Bonchev–Trinajstić information content (AvgIpc) is 2.29. The van der Waals surface area contributed by atoms with E-state index in [1.54, 1.807) is 32.9 Å². The highest BCUT2D eigenvalue weighted by Crippen LogP contribution is 2.20. The first-order chi connectivity index (χ1) is 9.19. The van der Waals surface area contributed by atoms with Crippen LogP contribution in [-0.4, -0.2) is 24.3 Å². The summed E-state index contributed by atoms with van der Waals surface area (Å²) in [6.45, 7) is 5.56. The van der Waals surface area contributed by atoms with Gasteiger partial charge in [-0.05, 0) is 39.3 Å². The second-order valence-corrected chi connectivity index (χ2v) is 6.40. The first-order valence-electron chi connectivity index (χ1n) is 6.34. The maximum absolute atomic E-state index is 13.6. The molecule has 1 rings (SSSR count). The Bertz CT molecular complexity index is 454. The molecule has 0 saturated heterocycles. The zero-order chi connectivity index (χ0) is 15.3. The third kappa shape index (κ3) is 5.88. The van der Waals surface area contributed by atoms with Crippen LogP contribution >= 0.6 is 15.9 Å². The number of amides is 1. The van der Waals surface area contributed by atoms with Crippen molar-refractivity contribution in [1.29, 1.82) is 0 Å². The zero-order valence-electron chi connectivity index (χ0n) is 11.9. The Hall–Kier alpha value is -1.14. The summed E-state index contributed by atoms with van der Waals surface area (Å²) in [6.07, 6.45) is -0.205.